The van der Waals surface area contributed by atoms with Crippen LogP contribution >= 0.6 is 0 Å². The van der Waals surface area contributed by atoms with Crippen molar-refractivity contribution in [1.29, 1.82) is 5.26 Å². The van der Waals surface area contributed by atoms with E-state index in [-0.39, 0.29) is 0 Å². The summed E-state index contributed by atoms with van der Waals surface area (Å²) < 4.78 is 5.10. The maximum absolute atomic E-state index is 8.77. The number of nitrogens with two attached hydrogens (primary N) is 1. The highest BCUT2D eigenvalue weighted by atomic mass is 16.3. The Hall–Kier alpha value is -1.69. The Bertz CT molecular complexity index is 369. The van der Waals surface area contributed by atoms with Gasteiger partial charge in [-0.1, -0.05) is 6.92 Å². The molecule has 0 saturated heterocycles. The first kappa shape index (κ1) is 9.40. The van der Waals surface area contributed by atoms with Crippen molar-refractivity contribution in [3.05, 3.63) is 29.2 Å². The molecule has 1 rings (SSSR count). The summed E-state index contributed by atoms with van der Waals surface area (Å²) in [6.45, 7) is 3.73. The van der Waals surface area contributed by atoms with E-state index in [2.05, 4.69) is 6.07 Å². The van der Waals surface area contributed by atoms with E-state index in [1.165, 1.54) is 0 Å². The van der Waals surface area contributed by atoms with Crippen LogP contribution in [0.1, 0.15) is 24.7 Å². The standard InChI is InChI=1S/C10H12N2O/c1-3-8(6-11)10(12)9-4-5-13-7(9)2/h4-5H,3,12H2,1-2H3/b10-8-. The first-order valence-corrected chi connectivity index (χ1v) is 4.13. The van der Waals surface area contributed by atoms with Gasteiger partial charge in [0, 0.05) is 5.56 Å². The number of hydrogen-bond donors (Lipinski definition) is 1. The summed E-state index contributed by atoms with van der Waals surface area (Å²) in [5.41, 5.74) is 7.75. The average Bonchev–Trinajstić information content (AvgIpc) is 2.53. The molecule has 0 spiro atoms. The second kappa shape index (κ2) is 3.81. The van der Waals surface area contributed by atoms with E-state index in [0.29, 0.717) is 17.7 Å². The van der Waals surface area contributed by atoms with E-state index in [4.69, 9.17) is 15.4 Å². The molecule has 0 bridgehead atoms. The third-order valence-electron chi connectivity index (χ3n) is 1.96. The largest absolute Gasteiger partial charge is 0.469 e. The molecular formula is C10H12N2O. The first-order valence-electron chi connectivity index (χ1n) is 4.13. The molecule has 0 aromatic carbocycles. The number of furan rings is 1. The van der Waals surface area contributed by atoms with Crippen molar-refractivity contribution in [2.75, 3.05) is 0 Å². The zero-order chi connectivity index (χ0) is 9.84. The second-order valence-electron chi connectivity index (χ2n) is 2.75. The average molecular weight is 176 g/mol. The molecule has 0 aliphatic carbocycles. The summed E-state index contributed by atoms with van der Waals surface area (Å²) >= 11 is 0. The van der Waals surface area contributed by atoms with Crippen molar-refractivity contribution in [3.63, 3.8) is 0 Å². The van der Waals surface area contributed by atoms with Gasteiger partial charge in [0.15, 0.2) is 0 Å². The van der Waals surface area contributed by atoms with Gasteiger partial charge in [0.2, 0.25) is 0 Å². The fourth-order valence-electron chi connectivity index (χ4n) is 1.16. The maximum atomic E-state index is 8.77. The number of hydrogen-bond acceptors (Lipinski definition) is 3. The molecule has 1 heterocycles. The molecule has 1 aromatic rings. The van der Waals surface area contributed by atoms with Crippen LogP contribution in [0.2, 0.25) is 0 Å². The van der Waals surface area contributed by atoms with Crippen LogP contribution in [0, 0.1) is 18.3 Å². The Morgan fingerprint density at radius 1 is 1.69 bits per heavy atom. The van der Waals surface area contributed by atoms with Crippen LogP contribution in [0.4, 0.5) is 0 Å². The first-order chi connectivity index (χ1) is 6.20. The van der Waals surface area contributed by atoms with Crippen molar-refractivity contribution in [3.8, 4) is 6.07 Å². The number of nitriles is 1. The van der Waals surface area contributed by atoms with Crippen molar-refractivity contribution in [2.45, 2.75) is 20.3 Å². The molecule has 0 radical (unpaired) electrons. The number of allylic oxidation sites excluding steroid dienone is 1. The molecule has 3 nitrogen and oxygen atoms in total. The lowest BCUT2D eigenvalue weighted by molar-refractivity contribution is 0.533. The van der Waals surface area contributed by atoms with Crippen LogP contribution in [0.15, 0.2) is 22.3 Å². The van der Waals surface area contributed by atoms with E-state index in [1.54, 1.807) is 12.3 Å². The molecule has 0 fully saturated rings. The minimum Gasteiger partial charge on any atom is -0.469 e. The van der Waals surface area contributed by atoms with Gasteiger partial charge in [0.25, 0.3) is 0 Å². The minimum absolute atomic E-state index is 0.524. The summed E-state index contributed by atoms with van der Waals surface area (Å²) in [6.07, 6.45) is 2.22. The molecule has 0 aliphatic rings. The predicted molar refractivity (Wildman–Crippen MR) is 50.5 cm³/mol. The van der Waals surface area contributed by atoms with Crippen molar-refractivity contribution >= 4 is 5.70 Å². The zero-order valence-electron chi connectivity index (χ0n) is 7.79. The van der Waals surface area contributed by atoms with Gasteiger partial charge in [-0.2, -0.15) is 5.26 Å². The number of nitrogens with zero attached hydrogens (tertiary/aromatic N) is 1. The summed E-state index contributed by atoms with van der Waals surface area (Å²) in [4.78, 5) is 0. The highest BCUT2D eigenvalue weighted by Crippen LogP contribution is 2.19. The lowest BCUT2D eigenvalue weighted by atomic mass is 10.1. The Balaban J connectivity index is 3.17. The fourth-order valence-corrected chi connectivity index (χ4v) is 1.16. The topological polar surface area (TPSA) is 63.0 Å². The predicted octanol–water partition coefficient (Wildman–Crippen LogP) is 2.19. The van der Waals surface area contributed by atoms with Gasteiger partial charge in [-0.25, -0.2) is 0 Å². The van der Waals surface area contributed by atoms with Gasteiger partial charge in [-0.15, -0.1) is 0 Å². The SMILES string of the molecule is CC/C(C#N)=C(/N)c1ccoc1C. The van der Waals surface area contributed by atoms with Gasteiger partial charge in [-0.3, -0.25) is 0 Å². The maximum Gasteiger partial charge on any atom is 0.109 e. The molecule has 1 aromatic heterocycles. The summed E-state index contributed by atoms with van der Waals surface area (Å²) in [5.74, 6) is 0.749. The van der Waals surface area contributed by atoms with Crippen molar-refractivity contribution in [2.24, 2.45) is 5.73 Å². The molecule has 0 atom stereocenters. The Labute approximate surface area is 77.5 Å². The molecule has 2 N–H and O–H groups in total. The van der Waals surface area contributed by atoms with Gasteiger partial charge in [-0.05, 0) is 19.4 Å². The van der Waals surface area contributed by atoms with Crippen LogP contribution in [0.5, 0.6) is 0 Å². The van der Waals surface area contributed by atoms with Gasteiger partial charge in [0.05, 0.1) is 23.6 Å². The normalized spacial score (nSPS) is 12.1. The van der Waals surface area contributed by atoms with Gasteiger partial charge >= 0.3 is 0 Å². The Morgan fingerprint density at radius 3 is 2.77 bits per heavy atom. The molecule has 0 aliphatic heterocycles. The molecule has 0 unspecified atom stereocenters. The summed E-state index contributed by atoms with van der Waals surface area (Å²) in [5, 5.41) is 8.77. The lowest BCUT2D eigenvalue weighted by Crippen LogP contribution is -2.00. The smallest absolute Gasteiger partial charge is 0.109 e. The number of aryl methyl sites for hydroxylation is 1. The minimum atomic E-state index is 0.524. The monoisotopic (exact) mass is 176 g/mol. The number of rotatable bonds is 2. The van der Waals surface area contributed by atoms with E-state index in [9.17, 15) is 0 Å². The summed E-state index contributed by atoms with van der Waals surface area (Å²) in [7, 11) is 0. The third-order valence-corrected chi connectivity index (χ3v) is 1.96. The van der Waals surface area contributed by atoms with E-state index >= 15 is 0 Å². The lowest BCUT2D eigenvalue weighted by Gasteiger charge is -2.01. The summed E-state index contributed by atoms with van der Waals surface area (Å²) in [6, 6.07) is 3.86. The Morgan fingerprint density at radius 2 is 2.38 bits per heavy atom. The van der Waals surface area contributed by atoms with E-state index in [0.717, 1.165) is 11.3 Å². The van der Waals surface area contributed by atoms with Gasteiger partial charge < -0.3 is 10.2 Å². The quantitative estimate of drug-likeness (QED) is 0.702. The Kier molecular flexibility index (Phi) is 2.76. The molecule has 0 amide bonds. The fraction of sp³-hybridized carbons (Fsp3) is 0.300. The molecule has 13 heavy (non-hydrogen) atoms. The third kappa shape index (κ3) is 1.73. The van der Waals surface area contributed by atoms with Crippen LogP contribution < -0.4 is 5.73 Å². The highest BCUT2D eigenvalue weighted by molar-refractivity contribution is 5.69. The zero-order valence-corrected chi connectivity index (χ0v) is 7.79. The van der Waals surface area contributed by atoms with E-state index in [1.807, 2.05) is 13.8 Å². The second-order valence-corrected chi connectivity index (χ2v) is 2.75. The van der Waals surface area contributed by atoms with Crippen LogP contribution in [0.25, 0.3) is 5.70 Å². The van der Waals surface area contributed by atoms with Crippen LogP contribution in [-0.4, -0.2) is 0 Å². The van der Waals surface area contributed by atoms with E-state index < -0.39 is 0 Å². The van der Waals surface area contributed by atoms with Crippen molar-refractivity contribution in [1.82, 2.24) is 0 Å². The molecule has 3 heteroatoms. The molecule has 68 valence electrons. The van der Waals surface area contributed by atoms with Crippen LogP contribution in [-0.2, 0) is 0 Å². The van der Waals surface area contributed by atoms with Crippen LogP contribution in [0.3, 0.4) is 0 Å². The van der Waals surface area contributed by atoms with Gasteiger partial charge in [0.1, 0.15) is 5.76 Å². The van der Waals surface area contributed by atoms with Crippen molar-refractivity contribution < 1.29 is 4.42 Å². The molecular weight excluding hydrogens is 164 g/mol. The highest BCUT2D eigenvalue weighted by Gasteiger charge is 2.08. The molecule has 0 saturated carbocycles.